The predicted octanol–water partition coefficient (Wildman–Crippen LogP) is 3.06. The van der Waals surface area contributed by atoms with Gasteiger partial charge >= 0.3 is 7.60 Å². The summed E-state index contributed by atoms with van der Waals surface area (Å²) in [7, 11) is -7.41. The minimum atomic E-state index is -4.28. The van der Waals surface area contributed by atoms with Crippen LogP contribution in [0.15, 0.2) is 36.7 Å². The number of rotatable bonds is 9. The second-order valence-electron chi connectivity index (χ2n) is 4.87. The lowest BCUT2D eigenvalue weighted by atomic mass is 10.2. The maximum absolute atomic E-state index is 12.8. The molecule has 0 bridgehead atoms. The van der Waals surface area contributed by atoms with Crippen molar-refractivity contribution in [2.45, 2.75) is 25.9 Å². The van der Waals surface area contributed by atoms with Gasteiger partial charge in [-0.25, -0.2) is 0 Å². The number of hydrogen-bond acceptors (Lipinski definition) is 4. The van der Waals surface area contributed by atoms with Crippen LogP contribution in [0.3, 0.4) is 0 Å². The number of nitrogens with zero attached hydrogens (tertiary/aromatic N) is 1. The topological polar surface area (TPSA) is 96.7 Å². The third kappa shape index (κ3) is 6.55. The van der Waals surface area contributed by atoms with E-state index in [-0.39, 0.29) is 12.8 Å². The van der Waals surface area contributed by atoms with Crippen LogP contribution in [0.4, 0.5) is 0 Å². The van der Waals surface area contributed by atoms with E-state index in [2.05, 4.69) is 4.98 Å². The number of hydrogen-bond donors (Lipinski definition) is 2. The molecule has 0 fully saturated rings. The molecule has 2 unspecified atom stereocenters. The highest BCUT2D eigenvalue weighted by Crippen LogP contribution is 2.56. The Kier molecular flexibility index (Phi) is 7.67. The van der Waals surface area contributed by atoms with Crippen LogP contribution >= 0.6 is 15.0 Å². The van der Waals surface area contributed by atoms with Crippen molar-refractivity contribution >= 4 is 15.0 Å². The quantitative estimate of drug-likeness (QED) is 0.526. The van der Waals surface area contributed by atoms with Gasteiger partial charge in [-0.1, -0.05) is 25.1 Å². The molecule has 22 heavy (non-hydrogen) atoms. The standard InChI is InChI=1S/C14H23NO5P2/c1-3-20-21(16,4-2)14(12-22(17,18)19)9-5-7-13-8-6-10-15-11-13/h5-6,8-11,14H,3-4,7,12H2,1-2H3,(H2,17,18,19)/b9-5+. The van der Waals surface area contributed by atoms with Crippen LogP contribution in [0.5, 0.6) is 0 Å². The van der Waals surface area contributed by atoms with Crippen LogP contribution in [0.1, 0.15) is 19.4 Å². The fourth-order valence-electron chi connectivity index (χ4n) is 2.08. The Hall–Kier alpha value is -0.770. The highest BCUT2D eigenvalue weighted by molar-refractivity contribution is 7.61. The van der Waals surface area contributed by atoms with Crippen LogP contribution in [-0.4, -0.2) is 39.4 Å². The van der Waals surface area contributed by atoms with Gasteiger partial charge in [-0.3, -0.25) is 14.1 Å². The van der Waals surface area contributed by atoms with Gasteiger partial charge < -0.3 is 14.3 Å². The van der Waals surface area contributed by atoms with Gasteiger partial charge in [0.25, 0.3) is 0 Å². The first-order chi connectivity index (χ1) is 10.3. The number of pyridine rings is 1. The summed E-state index contributed by atoms with van der Waals surface area (Å²) in [5.41, 5.74) is 0.186. The molecule has 0 amide bonds. The minimum absolute atomic E-state index is 0.239. The zero-order chi connectivity index (χ0) is 16.6. The van der Waals surface area contributed by atoms with Crippen molar-refractivity contribution in [1.82, 2.24) is 4.98 Å². The van der Waals surface area contributed by atoms with Crippen molar-refractivity contribution in [3.05, 3.63) is 42.2 Å². The van der Waals surface area contributed by atoms with E-state index in [1.165, 1.54) is 0 Å². The molecule has 2 N–H and O–H groups in total. The van der Waals surface area contributed by atoms with Crippen LogP contribution in [-0.2, 0) is 20.1 Å². The smallest absolute Gasteiger partial charge is 0.326 e. The van der Waals surface area contributed by atoms with Gasteiger partial charge in [0, 0.05) is 18.6 Å². The third-order valence-corrected chi connectivity index (χ3v) is 7.25. The van der Waals surface area contributed by atoms with Crippen molar-refractivity contribution in [2.75, 3.05) is 18.9 Å². The monoisotopic (exact) mass is 347 g/mol. The molecule has 1 aromatic rings. The molecule has 0 saturated carbocycles. The number of allylic oxidation sites excluding steroid dienone is 2. The first-order valence-corrected chi connectivity index (χ1v) is 10.8. The van der Waals surface area contributed by atoms with Gasteiger partial charge in [0.15, 0.2) is 0 Å². The van der Waals surface area contributed by atoms with Crippen molar-refractivity contribution in [3.63, 3.8) is 0 Å². The van der Waals surface area contributed by atoms with Gasteiger partial charge in [-0.15, -0.1) is 0 Å². The molecular formula is C14H23NO5P2. The molecule has 0 saturated heterocycles. The Morgan fingerprint density at radius 2 is 2.09 bits per heavy atom. The van der Waals surface area contributed by atoms with Crippen molar-refractivity contribution < 1.29 is 23.4 Å². The molecule has 2 atom stereocenters. The Bertz CT molecular complexity index is 570. The van der Waals surface area contributed by atoms with Crippen LogP contribution in [0.25, 0.3) is 0 Å². The first kappa shape index (κ1) is 19.3. The van der Waals surface area contributed by atoms with E-state index in [4.69, 9.17) is 4.52 Å². The molecule has 0 aromatic carbocycles. The molecule has 1 rings (SSSR count). The Balaban J connectivity index is 2.90. The summed E-state index contributed by atoms with van der Waals surface area (Å²) in [6.07, 6.45) is 7.07. The van der Waals surface area contributed by atoms with Crippen LogP contribution in [0.2, 0.25) is 0 Å². The summed E-state index contributed by atoms with van der Waals surface area (Å²) >= 11 is 0. The number of aromatic nitrogens is 1. The molecule has 8 heteroatoms. The lowest BCUT2D eigenvalue weighted by molar-refractivity contribution is 0.327. The summed E-state index contributed by atoms with van der Waals surface area (Å²) in [5, 5.41) is 0. The fourth-order valence-corrected chi connectivity index (χ4v) is 5.99. The summed E-state index contributed by atoms with van der Waals surface area (Å²) in [4.78, 5) is 22.4. The molecular weight excluding hydrogens is 324 g/mol. The SMILES string of the molecule is CCOP(=O)(CC)C(/C=C/Cc1cccnc1)CP(=O)(O)O. The summed E-state index contributed by atoms with van der Waals surface area (Å²) in [5.74, 6) is 0. The van der Waals surface area contributed by atoms with E-state index in [0.29, 0.717) is 6.42 Å². The van der Waals surface area contributed by atoms with Crippen LogP contribution in [0, 0.1) is 0 Å². The fraction of sp³-hybridized carbons (Fsp3) is 0.500. The third-order valence-electron chi connectivity index (χ3n) is 3.15. The van der Waals surface area contributed by atoms with E-state index >= 15 is 0 Å². The Labute approximate surface area is 131 Å². The average Bonchev–Trinajstić information content (AvgIpc) is 2.46. The minimum Gasteiger partial charge on any atom is -0.328 e. The molecule has 0 radical (unpaired) electrons. The summed E-state index contributed by atoms with van der Waals surface area (Å²) in [6, 6.07) is 3.71. The second kappa shape index (κ2) is 8.76. The zero-order valence-corrected chi connectivity index (χ0v) is 14.6. The second-order valence-corrected chi connectivity index (χ2v) is 9.57. The van der Waals surface area contributed by atoms with E-state index in [9.17, 15) is 18.9 Å². The van der Waals surface area contributed by atoms with Crippen molar-refractivity contribution in [2.24, 2.45) is 0 Å². The van der Waals surface area contributed by atoms with Crippen molar-refractivity contribution in [3.8, 4) is 0 Å². The molecule has 1 heterocycles. The summed E-state index contributed by atoms with van der Waals surface area (Å²) in [6.45, 7) is 3.67. The molecule has 0 aliphatic heterocycles. The average molecular weight is 347 g/mol. The first-order valence-electron chi connectivity index (χ1n) is 7.14. The van der Waals surface area contributed by atoms with Crippen molar-refractivity contribution in [1.29, 1.82) is 0 Å². The molecule has 124 valence electrons. The largest absolute Gasteiger partial charge is 0.328 e. The van der Waals surface area contributed by atoms with E-state index in [1.807, 2.05) is 12.1 Å². The van der Waals surface area contributed by atoms with E-state index in [0.717, 1.165) is 5.56 Å². The zero-order valence-electron chi connectivity index (χ0n) is 12.8. The Morgan fingerprint density at radius 1 is 1.36 bits per heavy atom. The van der Waals surface area contributed by atoms with Gasteiger partial charge in [0.05, 0.1) is 18.4 Å². The van der Waals surface area contributed by atoms with E-state index < -0.39 is 26.8 Å². The summed E-state index contributed by atoms with van der Waals surface area (Å²) < 4.78 is 29.4. The normalized spacial score (nSPS) is 16.5. The maximum atomic E-state index is 12.8. The molecule has 0 spiro atoms. The van der Waals surface area contributed by atoms with Gasteiger partial charge in [-0.2, -0.15) is 0 Å². The van der Waals surface area contributed by atoms with Gasteiger partial charge in [0.2, 0.25) is 7.37 Å². The Morgan fingerprint density at radius 3 is 2.59 bits per heavy atom. The highest BCUT2D eigenvalue weighted by Gasteiger charge is 2.35. The van der Waals surface area contributed by atoms with Gasteiger partial charge in [0.1, 0.15) is 0 Å². The highest BCUT2D eigenvalue weighted by atomic mass is 31.2. The maximum Gasteiger partial charge on any atom is 0.326 e. The van der Waals surface area contributed by atoms with Crippen LogP contribution < -0.4 is 0 Å². The molecule has 0 aliphatic carbocycles. The molecule has 0 aliphatic rings. The lowest BCUT2D eigenvalue weighted by Gasteiger charge is -2.24. The van der Waals surface area contributed by atoms with E-state index in [1.54, 1.807) is 38.4 Å². The molecule has 6 nitrogen and oxygen atoms in total. The van der Waals surface area contributed by atoms with Gasteiger partial charge in [-0.05, 0) is 25.0 Å². The predicted molar refractivity (Wildman–Crippen MR) is 87.6 cm³/mol. The lowest BCUT2D eigenvalue weighted by Crippen LogP contribution is -2.15. The molecule has 1 aromatic heterocycles.